The van der Waals surface area contributed by atoms with Crippen molar-refractivity contribution in [1.29, 1.82) is 0 Å². The second-order valence-electron chi connectivity index (χ2n) is 5.33. The Hall–Kier alpha value is -1.62. The van der Waals surface area contributed by atoms with Crippen molar-refractivity contribution in [3.05, 3.63) is 28.9 Å². The summed E-state index contributed by atoms with van der Waals surface area (Å²) in [7, 11) is 0. The van der Waals surface area contributed by atoms with Crippen LogP contribution in [0, 0.1) is 5.82 Å². The fourth-order valence-electron chi connectivity index (χ4n) is 2.36. The maximum absolute atomic E-state index is 13.8. The molecule has 21 heavy (non-hydrogen) atoms. The van der Waals surface area contributed by atoms with Crippen molar-refractivity contribution in [2.45, 2.75) is 45.6 Å². The quantitative estimate of drug-likeness (QED) is 0.781. The molecule has 0 aliphatic rings. The van der Waals surface area contributed by atoms with Gasteiger partial charge < -0.3 is 11.1 Å². The SMILES string of the molecule is CCCCCC(C)NC(=O)c1sc2cccc(F)c2c1N. The van der Waals surface area contributed by atoms with Crippen molar-refractivity contribution >= 4 is 33.0 Å². The molecule has 3 nitrogen and oxygen atoms in total. The minimum atomic E-state index is -0.378. The summed E-state index contributed by atoms with van der Waals surface area (Å²) in [6, 6.07) is 4.86. The molecule has 1 aromatic carbocycles. The van der Waals surface area contributed by atoms with Crippen LogP contribution in [0.2, 0.25) is 0 Å². The number of rotatable bonds is 6. The highest BCUT2D eigenvalue weighted by atomic mass is 32.1. The van der Waals surface area contributed by atoms with Crippen LogP contribution in [-0.2, 0) is 0 Å². The van der Waals surface area contributed by atoms with Gasteiger partial charge in [0, 0.05) is 10.7 Å². The van der Waals surface area contributed by atoms with E-state index in [-0.39, 0.29) is 23.5 Å². The molecule has 1 unspecified atom stereocenters. The molecule has 2 aromatic rings. The van der Waals surface area contributed by atoms with Crippen molar-refractivity contribution in [3.8, 4) is 0 Å². The molecule has 5 heteroatoms. The van der Waals surface area contributed by atoms with E-state index in [0.29, 0.717) is 15.0 Å². The molecule has 1 aromatic heterocycles. The molecule has 1 heterocycles. The second kappa shape index (κ2) is 6.89. The van der Waals surface area contributed by atoms with Crippen LogP contribution < -0.4 is 11.1 Å². The number of benzene rings is 1. The van der Waals surface area contributed by atoms with Gasteiger partial charge in [0.1, 0.15) is 10.7 Å². The minimum Gasteiger partial charge on any atom is -0.397 e. The smallest absolute Gasteiger partial charge is 0.263 e. The predicted molar refractivity (Wildman–Crippen MR) is 87.3 cm³/mol. The number of fused-ring (bicyclic) bond motifs is 1. The van der Waals surface area contributed by atoms with E-state index in [1.807, 2.05) is 6.92 Å². The van der Waals surface area contributed by atoms with E-state index in [1.165, 1.54) is 17.4 Å². The van der Waals surface area contributed by atoms with Gasteiger partial charge >= 0.3 is 0 Å². The number of hydrogen-bond acceptors (Lipinski definition) is 3. The average Bonchev–Trinajstić information content (AvgIpc) is 2.78. The molecule has 0 radical (unpaired) electrons. The Labute approximate surface area is 128 Å². The molecule has 1 atom stereocenters. The first kappa shape index (κ1) is 15.8. The van der Waals surface area contributed by atoms with E-state index in [4.69, 9.17) is 5.73 Å². The number of unbranched alkanes of at least 4 members (excludes halogenated alkanes) is 2. The Morgan fingerprint density at radius 1 is 1.43 bits per heavy atom. The zero-order valence-corrected chi connectivity index (χ0v) is 13.2. The summed E-state index contributed by atoms with van der Waals surface area (Å²) < 4.78 is 14.5. The van der Waals surface area contributed by atoms with Crippen molar-refractivity contribution in [1.82, 2.24) is 5.32 Å². The third-order valence-electron chi connectivity index (χ3n) is 3.53. The number of carbonyl (C=O) groups is 1. The van der Waals surface area contributed by atoms with Gasteiger partial charge in [-0.05, 0) is 25.5 Å². The Morgan fingerprint density at radius 2 is 2.19 bits per heavy atom. The van der Waals surface area contributed by atoms with Crippen molar-refractivity contribution in [2.24, 2.45) is 0 Å². The van der Waals surface area contributed by atoms with E-state index in [0.717, 1.165) is 25.7 Å². The number of amides is 1. The largest absolute Gasteiger partial charge is 0.397 e. The van der Waals surface area contributed by atoms with Crippen molar-refractivity contribution < 1.29 is 9.18 Å². The summed E-state index contributed by atoms with van der Waals surface area (Å²) in [6.07, 6.45) is 4.35. The zero-order chi connectivity index (χ0) is 15.4. The third-order valence-corrected chi connectivity index (χ3v) is 4.70. The van der Waals surface area contributed by atoms with Crippen LogP contribution in [0.25, 0.3) is 10.1 Å². The Kier molecular flexibility index (Phi) is 5.17. The lowest BCUT2D eigenvalue weighted by Crippen LogP contribution is -2.32. The lowest BCUT2D eigenvalue weighted by Gasteiger charge is -2.13. The standard InChI is InChI=1S/C16H21FN2OS/c1-3-4-5-7-10(2)19-16(20)15-14(18)13-11(17)8-6-9-12(13)21-15/h6,8-10H,3-5,7,18H2,1-2H3,(H,19,20). The Morgan fingerprint density at radius 3 is 2.86 bits per heavy atom. The van der Waals surface area contributed by atoms with Gasteiger partial charge in [-0.3, -0.25) is 4.79 Å². The van der Waals surface area contributed by atoms with Gasteiger partial charge in [-0.1, -0.05) is 32.3 Å². The summed E-state index contributed by atoms with van der Waals surface area (Å²) >= 11 is 1.24. The van der Waals surface area contributed by atoms with Gasteiger partial charge in [-0.15, -0.1) is 11.3 Å². The molecule has 0 saturated heterocycles. The summed E-state index contributed by atoms with van der Waals surface area (Å²) in [5, 5.41) is 3.30. The van der Waals surface area contributed by atoms with Crippen molar-refractivity contribution in [2.75, 3.05) is 5.73 Å². The molecule has 0 aliphatic carbocycles. The number of halogens is 1. The van der Waals surface area contributed by atoms with E-state index in [9.17, 15) is 9.18 Å². The monoisotopic (exact) mass is 308 g/mol. The fraction of sp³-hybridized carbons (Fsp3) is 0.438. The first-order chi connectivity index (χ1) is 10.0. The van der Waals surface area contributed by atoms with Crippen LogP contribution in [-0.4, -0.2) is 11.9 Å². The summed E-state index contributed by atoms with van der Waals surface area (Å²) in [6.45, 7) is 4.13. The number of carbonyl (C=O) groups excluding carboxylic acids is 1. The highest BCUT2D eigenvalue weighted by molar-refractivity contribution is 7.21. The van der Waals surface area contributed by atoms with Gasteiger partial charge in [0.2, 0.25) is 0 Å². The first-order valence-electron chi connectivity index (χ1n) is 7.32. The highest BCUT2D eigenvalue weighted by Gasteiger charge is 2.19. The van der Waals surface area contributed by atoms with Crippen LogP contribution in [0.3, 0.4) is 0 Å². The molecule has 114 valence electrons. The van der Waals surface area contributed by atoms with E-state index < -0.39 is 0 Å². The van der Waals surface area contributed by atoms with Gasteiger partial charge in [0.25, 0.3) is 5.91 Å². The van der Waals surface area contributed by atoms with Crippen molar-refractivity contribution in [3.63, 3.8) is 0 Å². The predicted octanol–water partition coefficient (Wildman–Crippen LogP) is 4.32. The Bertz CT molecular complexity index is 638. The number of hydrogen-bond donors (Lipinski definition) is 2. The van der Waals surface area contributed by atoms with Gasteiger partial charge in [-0.2, -0.15) is 0 Å². The number of nitrogens with two attached hydrogens (primary N) is 1. The van der Waals surface area contributed by atoms with Gasteiger partial charge in [-0.25, -0.2) is 4.39 Å². The summed E-state index contributed by atoms with van der Waals surface area (Å²) in [5.41, 5.74) is 6.19. The van der Waals surface area contributed by atoms with Crippen LogP contribution in [0.1, 0.15) is 49.2 Å². The molecule has 0 bridgehead atoms. The van der Waals surface area contributed by atoms with Crippen LogP contribution >= 0.6 is 11.3 Å². The zero-order valence-electron chi connectivity index (χ0n) is 12.4. The molecular formula is C16H21FN2OS. The molecule has 2 rings (SSSR count). The lowest BCUT2D eigenvalue weighted by molar-refractivity contribution is 0.0943. The second-order valence-corrected chi connectivity index (χ2v) is 6.38. The van der Waals surface area contributed by atoms with Crippen LogP contribution in [0.5, 0.6) is 0 Å². The van der Waals surface area contributed by atoms with Gasteiger partial charge in [0.05, 0.1) is 11.1 Å². The topological polar surface area (TPSA) is 55.1 Å². The van der Waals surface area contributed by atoms with E-state index >= 15 is 0 Å². The fourth-order valence-corrected chi connectivity index (χ4v) is 3.40. The van der Waals surface area contributed by atoms with Gasteiger partial charge in [0.15, 0.2) is 0 Å². The Balaban J connectivity index is 2.13. The average molecular weight is 308 g/mol. The molecule has 3 N–H and O–H groups in total. The molecule has 0 spiro atoms. The van der Waals surface area contributed by atoms with Crippen LogP contribution in [0.4, 0.5) is 10.1 Å². The molecule has 1 amide bonds. The van der Waals surface area contributed by atoms with E-state index in [1.54, 1.807) is 12.1 Å². The maximum Gasteiger partial charge on any atom is 0.263 e. The number of nitrogens with one attached hydrogen (secondary N) is 1. The molecular weight excluding hydrogens is 287 g/mol. The molecule has 0 saturated carbocycles. The summed E-state index contributed by atoms with van der Waals surface area (Å²) in [5.74, 6) is -0.589. The molecule has 0 fully saturated rings. The highest BCUT2D eigenvalue weighted by Crippen LogP contribution is 2.35. The summed E-state index contributed by atoms with van der Waals surface area (Å²) in [4.78, 5) is 12.7. The number of nitrogen functional groups attached to an aromatic ring is 1. The third kappa shape index (κ3) is 3.53. The first-order valence-corrected chi connectivity index (χ1v) is 8.13. The maximum atomic E-state index is 13.8. The number of anilines is 1. The van der Waals surface area contributed by atoms with Crippen LogP contribution in [0.15, 0.2) is 18.2 Å². The minimum absolute atomic E-state index is 0.0958. The normalized spacial score (nSPS) is 12.5. The number of thiophene rings is 1. The van der Waals surface area contributed by atoms with E-state index in [2.05, 4.69) is 12.2 Å². The lowest BCUT2D eigenvalue weighted by atomic mass is 10.1. The molecule has 0 aliphatic heterocycles.